The second kappa shape index (κ2) is 8.20. The molecular weight excluding hydrogens is 328 g/mol. The predicted molar refractivity (Wildman–Crippen MR) is 117 cm³/mol. The fourth-order valence-corrected chi connectivity index (χ4v) is 5.39. The molecule has 0 amide bonds. The largest absolute Gasteiger partial charge is 0.378 e. The molecule has 2 heterocycles. The first kappa shape index (κ1) is 20.2. The van der Waals surface area contributed by atoms with Gasteiger partial charge in [-0.25, -0.2) is 4.58 Å². The maximum Gasteiger partial charge on any atom is 0.179 e. The summed E-state index contributed by atoms with van der Waals surface area (Å²) in [6, 6.07) is 0. The van der Waals surface area contributed by atoms with Gasteiger partial charge in [0, 0.05) is 37.7 Å². The smallest absolute Gasteiger partial charge is 0.179 e. The Bertz CT molecular complexity index is 783. The molecule has 3 rings (SSSR count). The molecule has 0 aromatic carbocycles. The fourth-order valence-electron chi connectivity index (χ4n) is 5.39. The predicted octanol–water partition coefficient (Wildman–Crippen LogP) is 6.02. The van der Waals surface area contributed by atoms with Gasteiger partial charge in [0.2, 0.25) is 0 Å². The van der Waals surface area contributed by atoms with Gasteiger partial charge in [-0.1, -0.05) is 0 Å². The number of hydrogen-bond donors (Lipinski definition) is 0. The molecule has 0 aromatic heterocycles. The summed E-state index contributed by atoms with van der Waals surface area (Å²) in [5, 5.41) is 0. The molecule has 0 spiro atoms. The van der Waals surface area contributed by atoms with E-state index in [1.54, 1.807) is 28.1 Å². The summed E-state index contributed by atoms with van der Waals surface area (Å²) in [6.07, 6.45) is 8.85. The van der Waals surface area contributed by atoms with Crippen molar-refractivity contribution in [1.29, 1.82) is 0 Å². The summed E-state index contributed by atoms with van der Waals surface area (Å²) in [5.74, 6) is 0. The lowest BCUT2D eigenvalue weighted by Crippen LogP contribution is -2.14. The highest BCUT2D eigenvalue weighted by Crippen LogP contribution is 2.39. The summed E-state index contributed by atoms with van der Waals surface area (Å²) in [6.45, 7) is 14.2. The summed E-state index contributed by atoms with van der Waals surface area (Å²) in [4.78, 5) is 2.46. The lowest BCUT2D eigenvalue weighted by Gasteiger charge is -2.26. The van der Waals surface area contributed by atoms with Crippen LogP contribution in [0.1, 0.15) is 79.6 Å². The average Bonchev–Trinajstić information content (AvgIpc) is 3.27. The van der Waals surface area contributed by atoms with Gasteiger partial charge in [-0.15, -0.1) is 0 Å². The normalized spacial score (nSPS) is 26.1. The van der Waals surface area contributed by atoms with Crippen LogP contribution in [0.4, 0.5) is 0 Å². The maximum atomic E-state index is 2.46. The summed E-state index contributed by atoms with van der Waals surface area (Å²) < 4.78 is 2.46. The van der Waals surface area contributed by atoms with Gasteiger partial charge in [-0.2, -0.15) is 0 Å². The fraction of sp³-hybridized carbons (Fsp3) is 0.640. The van der Waals surface area contributed by atoms with E-state index in [2.05, 4.69) is 58.2 Å². The zero-order valence-corrected chi connectivity index (χ0v) is 18.8. The van der Waals surface area contributed by atoms with Gasteiger partial charge in [0.25, 0.3) is 0 Å². The molecule has 2 nitrogen and oxygen atoms in total. The minimum atomic E-state index is 1.21. The Hall–Kier alpha value is -1.57. The molecule has 1 fully saturated rings. The van der Waals surface area contributed by atoms with Crippen LogP contribution in [0.15, 0.2) is 44.7 Å². The van der Waals surface area contributed by atoms with Crippen LogP contribution >= 0.6 is 0 Å². The number of rotatable bonds is 3. The van der Waals surface area contributed by atoms with Crippen LogP contribution in [-0.2, 0) is 0 Å². The molecular formula is C25H39N2+. The number of likely N-dealkylation sites (tertiary alicyclic amines) is 1. The Kier molecular flexibility index (Phi) is 6.13. The van der Waals surface area contributed by atoms with E-state index in [4.69, 9.17) is 0 Å². The lowest BCUT2D eigenvalue weighted by molar-refractivity contribution is -0.488. The Labute approximate surface area is 167 Å². The van der Waals surface area contributed by atoms with E-state index in [0.717, 1.165) is 0 Å². The van der Waals surface area contributed by atoms with Crippen molar-refractivity contribution in [3.63, 3.8) is 0 Å². The van der Waals surface area contributed by atoms with Gasteiger partial charge >= 0.3 is 0 Å². The Morgan fingerprint density at radius 3 is 2.19 bits per heavy atom. The third-order valence-electron chi connectivity index (χ3n) is 7.39. The van der Waals surface area contributed by atoms with E-state index in [9.17, 15) is 0 Å². The molecule has 0 saturated carbocycles. The van der Waals surface area contributed by atoms with Crippen LogP contribution in [-0.4, -0.2) is 42.4 Å². The lowest BCUT2D eigenvalue weighted by atomic mass is 9.80. The van der Waals surface area contributed by atoms with Crippen LogP contribution in [0.25, 0.3) is 0 Å². The van der Waals surface area contributed by atoms with E-state index in [-0.39, 0.29) is 0 Å². The van der Waals surface area contributed by atoms with Crippen LogP contribution in [0.5, 0.6) is 0 Å². The van der Waals surface area contributed by atoms with Gasteiger partial charge in [0.1, 0.15) is 13.6 Å². The first-order chi connectivity index (χ1) is 12.8. The third-order valence-corrected chi connectivity index (χ3v) is 7.39. The standard InChI is InChI=1S/C25H39N2/c1-17(19(3)24-13-9-15-26(24)6)22-11-8-12-23(21(22)5)18(2)20(4)25-14-10-16-27(25)7/h8-16H2,1-7H3/q+1. The van der Waals surface area contributed by atoms with Crippen LogP contribution in [0.2, 0.25) is 0 Å². The first-order valence-corrected chi connectivity index (χ1v) is 10.9. The number of hydrogen-bond acceptors (Lipinski definition) is 1. The van der Waals surface area contributed by atoms with E-state index >= 15 is 0 Å². The van der Waals surface area contributed by atoms with Crippen molar-refractivity contribution in [2.75, 3.05) is 27.2 Å². The van der Waals surface area contributed by atoms with Gasteiger partial charge in [-0.05, 0) is 100 Å². The zero-order valence-electron chi connectivity index (χ0n) is 18.8. The van der Waals surface area contributed by atoms with Gasteiger partial charge in [-0.3, -0.25) is 0 Å². The number of allylic oxidation sites excluding steroid dienone is 8. The highest BCUT2D eigenvalue weighted by Gasteiger charge is 2.25. The summed E-state index contributed by atoms with van der Waals surface area (Å²) >= 11 is 0. The first-order valence-electron chi connectivity index (χ1n) is 10.9. The highest BCUT2D eigenvalue weighted by molar-refractivity contribution is 5.97. The average molecular weight is 368 g/mol. The molecule has 0 bridgehead atoms. The SMILES string of the molecule is CC(=C(C)C1=[N+](C)CCC1)C1=C(C)C(=C(C)C(C)=C2CCCN2C)CCC1. The maximum absolute atomic E-state index is 2.46. The molecule has 0 radical (unpaired) electrons. The molecule has 0 aromatic rings. The van der Waals surface area contributed by atoms with Gasteiger partial charge < -0.3 is 4.90 Å². The van der Waals surface area contributed by atoms with Crippen molar-refractivity contribution >= 4 is 5.71 Å². The molecule has 0 N–H and O–H groups in total. The summed E-state index contributed by atoms with van der Waals surface area (Å²) in [7, 11) is 4.51. The monoisotopic (exact) mass is 367 g/mol. The quantitative estimate of drug-likeness (QED) is 0.553. The number of nitrogens with zero attached hydrogens (tertiary/aromatic N) is 2. The van der Waals surface area contributed by atoms with Gasteiger partial charge in [0.15, 0.2) is 5.71 Å². The Morgan fingerprint density at radius 1 is 0.852 bits per heavy atom. The Morgan fingerprint density at radius 2 is 1.59 bits per heavy atom. The topological polar surface area (TPSA) is 6.25 Å². The highest BCUT2D eigenvalue weighted by atomic mass is 15.1. The molecule has 0 unspecified atom stereocenters. The van der Waals surface area contributed by atoms with E-state index in [1.165, 1.54) is 80.3 Å². The van der Waals surface area contributed by atoms with Crippen molar-refractivity contribution in [1.82, 2.24) is 4.90 Å². The zero-order chi connectivity index (χ0) is 19.7. The van der Waals surface area contributed by atoms with Crippen LogP contribution < -0.4 is 0 Å². The molecule has 1 aliphatic carbocycles. The summed E-state index contributed by atoms with van der Waals surface area (Å²) in [5.41, 5.74) is 14.0. The molecule has 2 heteroatoms. The molecule has 148 valence electrons. The van der Waals surface area contributed by atoms with Crippen molar-refractivity contribution in [2.45, 2.75) is 79.6 Å². The van der Waals surface area contributed by atoms with Crippen LogP contribution in [0, 0.1) is 0 Å². The van der Waals surface area contributed by atoms with Crippen molar-refractivity contribution in [2.24, 2.45) is 0 Å². The van der Waals surface area contributed by atoms with Gasteiger partial charge in [0.05, 0.1) is 0 Å². The van der Waals surface area contributed by atoms with E-state index in [0.29, 0.717) is 0 Å². The van der Waals surface area contributed by atoms with Crippen molar-refractivity contribution < 1.29 is 4.58 Å². The minimum absolute atomic E-state index is 1.21. The third kappa shape index (κ3) is 3.86. The van der Waals surface area contributed by atoms with Crippen LogP contribution in [0.3, 0.4) is 0 Å². The van der Waals surface area contributed by atoms with E-state index in [1.807, 2.05) is 0 Å². The second-order valence-electron chi connectivity index (χ2n) is 8.88. The second-order valence-corrected chi connectivity index (χ2v) is 8.88. The molecule has 2 aliphatic heterocycles. The molecule has 27 heavy (non-hydrogen) atoms. The molecule has 3 aliphatic rings. The molecule has 1 saturated heterocycles. The Balaban J connectivity index is 2.04. The van der Waals surface area contributed by atoms with Crippen molar-refractivity contribution in [3.05, 3.63) is 44.7 Å². The van der Waals surface area contributed by atoms with Crippen molar-refractivity contribution in [3.8, 4) is 0 Å². The minimum Gasteiger partial charge on any atom is -0.378 e. The van der Waals surface area contributed by atoms with E-state index < -0.39 is 0 Å². The molecule has 0 atom stereocenters.